The summed E-state index contributed by atoms with van der Waals surface area (Å²) in [6.07, 6.45) is 0. The predicted octanol–water partition coefficient (Wildman–Crippen LogP) is -7.41. The minimum Gasteiger partial charge on any atom is -0.549 e. The van der Waals surface area contributed by atoms with Crippen molar-refractivity contribution in [2.24, 2.45) is 0 Å². The number of carboxylic acid groups (broad SMARTS) is 4. The molecule has 0 unspecified atom stereocenters. The third-order valence-electron chi connectivity index (χ3n) is 2.14. The molecule has 0 aliphatic heterocycles. The molecule has 0 saturated heterocycles. The average molecular weight is 447 g/mol. The van der Waals surface area contributed by atoms with E-state index in [1.165, 1.54) is 0 Å². The standard InChI is InChI=1S/C10H16N2O8.Tb/c13-7(14)3-11(4-8(15)16)1-2-12(5-9(17)18)6-10(19)20;/h1-6H2,(H,13,14)(H,15,16)(H,17,18)(H,19,20);/q;+4/p-4. The van der Waals surface area contributed by atoms with Crippen LogP contribution in [0.4, 0.5) is 0 Å². The summed E-state index contributed by atoms with van der Waals surface area (Å²) >= 11 is 0. The molecule has 0 rings (SSSR count). The fraction of sp³-hybridized carbons (Fsp3) is 0.600. The van der Waals surface area contributed by atoms with E-state index in [1.54, 1.807) is 0 Å². The summed E-state index contributed by atoms with van der Waals surface area (Å²) in [5.41, 5.74) is 0. The second-order valence-corrected chi connectivity index (χ2v) is 3.91. The fourth-order valence-electron chi connectivity index (χ4n) is 1.44. The van der Waals surface area contributed by atoms with Crippen LogP contribution in [0.25, 0.3) is 0 Å². The largest absolute Gasteiger partial charge is 4.00 e. The van der Waals surface area contributed by atoms with Crippen molar-refractivity contribution in [1.82, 2.24) is 9.80 Å². The SMILES string of the molecule is O=C([O-])CN(CCN(CC(=O)[O-])CC(=O)[O-])CC(=O)[O-].[Tb+4]. The van der Waals surface area contributed by atoms with Crippen LogP contribution in [0.3, 0.4) is 0 Å². The van der Waals surface area contributed by atoms with Crippen molar-refractivity contribution in [2.45, 2.75) is 0 Å². The summed E-state index contributed by atoms with van der Waals surface area (Å²) < 4.78 is 0. The van der Waals surface area contributed by atoms with E-state index in [1.807, 2.05) is 0 Å². The summed E-state index contributed by atoms with van der Waals surface area (Å²) in [7, 11) is 0. The number of carbonyl (C=O) groups excluding carboxylic acids is 4. The number of hydrogen-bond acceptors (Lipinski definition) is 10. The van der Waals surface area contributed by atoms with Crippen LogP contribution in [0.5, 0.6) is 0 Å². The van der Waals surface area contributed by atoms with E-state index >= 15 is 0 Å². The maximum atomic E-state index is 10.4. The Hall–Kier alpha value is -0.914. The summed E-state index contributed by atoms with van der Waals surface area (Å²) in [5, 5.41) is 41.6. The van der Waals surface area contributed by atoms with E-state index in [9.17, 15) is 39.6 Å². The van der Waals surface area contributed by atoms with Gasteiger partial charge in [0.1, 0.15) is 0 Å². The van der Waals surface area contributed by atoms with Crippen LogP contribution in [0, 0.1) is 38.6 Å². The topological polar surface area (TPSA) is 167 Å². The summed E-state index contributed by atoms with van der Waals surface area (Å²) in [6.45, 7) is -3.25. The van der Waals surface area contributed by atoms with E-state index in [2.05, 4.69) is 0 Å². The Morgan fingerprint density at radius 1 is 0.571 bits per heavy atom. The zero-order valence-corrected chi connectivity index (χ0v) is 12.9. The van der Waals surface area contributed by atoms with Gasteiger partial charge in [0.05, 0.1) is 23.9 Å². The first-order chi connectivity index (χ1) is 9.20. The van der Waals surface area contributed by atoms with E-state index < -0.39 is 50.1 Å². The second kappa shape index (κ2) is 11.7. The zero-order chi connectivity index (χ0) is 15.7. The van der Waals surface area contributed by atoms with Crippen LogP contribution in [0.15, 0.2) is 0 Å². The maximum Gasteiger partial charge on any atom is 4.00 e. The van der Waals surface area contributed by atoms with Gasteiger partial charge in [-0.15, -0.1) is 0 Å². The van der Waals surface area contributed by atoms with E-state index in [0.29, 0.717) is 0 Å². The van der Waals surface area contributed by atoms with Crippen LogP contribution >= 0.6 is 0 Å². The Bertz CT molecular complexity index is 321. The molecular formula is C10H12N2O8Tb. The van der Waals surface area contributed by atoms with Gasteiger partial charge in [-0.3, -0.25) is 9.80 Å². The van der Waals surface area contributed by atoms with E-state index in [0.717, 1.165) is 9.80 Å². The molecule has 0 amide bonds. The number of carboxylic acids is 4. The molecule has 0 spiro atoms. The number of carbonyl (C=O) groups is 4. The number of rotatable bonds is 11. The van der Waals surface area contributed by atoms with Crippen LogP contribution in [-0.2, 0) is 19.2 Å². The Kier molecular flexibility index (Phi) is 12.5. The number of aliphatic carboxylic acids is 4. The van der Waals surface area contributed by atoms with Gasteiger partial charge in [0, 0.05) is 39.3 Å². The van der Waals surface area contributed by atoms with Crippen LogP contribution in [-0.4, -0.2) is 72.9 Å². The molecule has 0 bridgehead atoms. The molecule has 0 heterocycles. The molecule has 0 saturated carbocycles. The number of hydrogen-bond donors (Lipinski definition) is 0. The van der Waals surface area contributed by atoms with Crippen molar-refractivity contribution in [3.8, 4) is 0 Å². The fourth-order valence-corrected chi connectivity index (χ4v) is 1.44. The molecule has 0 aromatic heterocycles. The first-order valence-electron chi connectivity index (χ1n) is 5.44. The van der Waals surface area contributed by atoms with Crippen LogP contribution < -0.4 is 20.4 Å². The molecule has 0 aliphatic carbocycles. The van der Waals surface area contributed by atoms with Gasteiger partial charge in [-0.05, 0) is 0 Å². The average Bonchev–Trinajstić information content (AvgIpc) is 2.22. The minimum absolute atomic E-state index is 0. The Morgan fingerprint density at radius 2 is 0.762 bits per heavy atom. The quantitative estimate of drug-likeness (QED) is 0.297. The first kappa shape index (κ1) is 22.4. The molecule has 0 atom stereocenters. The smallest absolute Gasteiger partial charge is 0.549 e. The molecule has 0 aromatic carbocycles. The Balaban J connectivity index is 0. The van der Waals surface area contributed by atoms with Crippen molar-refractivity contribution in [3.63, 3.8) is 0 Å². The van der Waals surface area contributed by atoms with Crippen LogP contribution in [0.1, 0.15) is 0 Å². The third kappa shape index (κ3) is 13.8. The van der Waals surface area contributed by atoms with Crippen molar-refractivity contribution in [1.29, 1.82) is 0 Å². The van der Waals surface area contributed by atoms with Gasteiger partial charge in [-0.25, -0.2) is 0 Å². The van der Waals surface area contributed by atoms with Crippen molar-refractivity contribution >= 4 is 23.9 Å². The molecule has 119 valence electrons. The van der Waals surface area contributed by atoms with Gasteiger partial charge >= 0.3 is 38.6 Å². The normalized spacial score (nSPS) is 10.2. The summed E-state index contributed by atoms with van der Waals surface area (Å²) in [4.78, 5) is 43.4. The van der Waals surface area contributed by atoms with E-state index in [4.69, 9.17) is 0 Å². The summed E-state index contributed by atoms with van der Waals surface area (Å²) in [5.74, 6) is -6.12. The Labute approximate surface area is 150 Å². The molecule has 21 heavy (non-hydrogen) atoms. The summed E-state index contributed by atoms with van der Waals surface area (Å²) in [6, 6.07) is 0. The predicted molar refractivity (Wildman–Crippen MR) is 52.9 cm³/mol. The van der Waals surface area contributed by atoms with Gasteiger partial charge in [0.15, 0.2) is 0 Å². The van der Waals surface area contributed by atoms with Gasteiger partial charge in [0.25, 0.3) is 0 Å². The van der Waals surface area contributed by atoms with E-state index in [-0.39, 0.29) is 51.7 Å². The van der Waals surface area contributed by atoms with Gasteiger partial charge in [-0.2, -0.15) is 0 Å². The molecule has 0 fully saturated rings. The molecule has 0 N–H and O–H groups in total. The molecule has 0 aliphatic rings. The van der Waals surface area contributed by atoms with Crippen molar-refractivity contribution in [2.75, 3.05) is 39.3 Å². The Morgan fingerprint density at radius 3 is 0.905 bits per heavy atom. The van der Waals surface area contributed by atoms with Crippen molar-refractivity contribution in [3.05, 3.63) is 0 Å². The van der Waals surface area contributed by atoms with Gasteiger partial charge < -0.3 is 39.6 Å². The van der Waals surface area contributed by atoms with Crippen molar-refractivity contribution < 1.29 is 78.2 Å². The minimum atomic E-state index is -1.53. The zero-order valence-electron chi connectivity index (χ0n) is 10.7. The molecule has 0 aromatic rings. The molecular weight excluding hydrogens is 435 g/mol. The monoisotopic (exact) mass is 447 g/mol. The van der Waals surface area contributed by atoms with Crippen LogP contribution in [0.2, 0.25) is 0 Å². The molecule has 10 nitrogen and oxygen atoms in total. The third-order valence-corrected chi connectivity index (χ3v) is 2.14. The van der Waals surface area contributed by atoms with Gasteiger partial charge in [-0.1, -0.05) is 0 Å². The number of nitrogens with zero attached hydrogens (tertiary/aromatic N) is 2. The van der Waals surface area contributed by atoms with Gasteiger partial charge in [0.2, 0.25) is 0 Å². The second-order valence-electron chi connectivity index (χ2n) is 3.91. The molecule has 1 radical (unpaired) electrons. The maximum absolute atomic E-state index is 10.4. The first-order valence-corrected chi connectivity index (χ1v) is 5.44. The molecule has 11 heteroatoms.